The Labute approximate surface area is 96.8 Å². The Bertz CT molecular complexity index is 241. The lowest BCUT2D eigenvalue weighted by Crippen LogP contribution is -2.45. The van der Waals surface area contributed by atoms with Gasteiger partial charge >= 0.3 is 0 Å². The second kappa shape index (κ2) is 5.64. The predicted molar refractivity (Wildman–Crippen MR) is 61.9 cm³/mol. The van der Waals surface area contributed by atoms with Crippen LogP contribution in [0.5, 0.6) is 0 Å². The molecule has 3 N–H and O–H groups in total. The van der Waals surface area contributed by atoms with Gasteiger partial charge in [0, 0.05) is 19.6 Å². The Kier molecular flexibility index (Phi) is 4.18. The van der Waals surface area contributed by atoms with Crippen molar-refractivity contribution in [2.24, 2.45) is 17.8 Å². The molecular weight excluding hydrogens is 204 g/mol. The van der Waals surface area contributed by atoms with E-state index < -0.39 is 0 Å². The van der Waals surface area contributed by atoms with Gasteiger partial charge in [-0.1, -0.05) is 6.42 Å². The fourth-order valence-electron chi connectivity index (χ4n) is 2.69. The van der Waals surface area contributed by atoms with Gasteiger partial charge in [0.15, 0.2) is 0 Å². The van der Waals surface area contributed by atoms with Crippen molar-refractivity contribution in [3.05, 3.63) is 0 Å². The lowest BCUT2D eigenvalue weighted by atomic mass is 9.96. The maximum absolute atomic E-state index is 11.6. The fraction of sp³-hybridized carbons (Fsp3) is 0.917. The monoisotopic (exact) mass is 226 g/mol. The van der Waals surface area contributed by atoms with Crippen LogP contribution in [0.3, 0.4) is 0 Å². The molecule has 2 unspecified atom stereocenters. The molecule has 0 aromatic heterocycles. The van der Waals surface area contributed by atoms with Gasteiger partial charge in [-0.2, -0.15) is 0 Å². The standard InChI is InChI=1S/C12H22N2O2/c15-8-11-3-1-2-10(11)7-14-12(16)4-9-5-13-6-9/h9-11,13,15H,1-8H2,(H,14,16). The van der Waals surface area contributed by atoms with E-state index in [0.717, 1.165) is 32.5 Å². The molecule has 0 spiro atoms. The molecule has 0 bridgehead atoms. The van der Waals surface area contributed by atoms with Crippen molar-refractivity contribution in [3.8, 4) is 0 Å². The second-order valence-corrected chi connectivity index (χ2v) is 5.17. The molecule has 2 atom stereocenters. The van der Waals surface area contributed by atoms with Crippen LogP contribution in [0, 0.1) is 17.8 Å². The number of carbonyl (C=O) groups is 1. The first kappa shape index (κ1) is 11.9. The molecule has 2 rings (SSSR count). The lowest BCUT2D eigenvalue weighted by Gasteiger charge is -2.26. The second-order valence-electron chi connectivity index (χ2n) is 5.17. The molecule has 2 aliphatic rings. The molecule has 1 saturated heterocycles. The zero-order valence-corrected chi connectivity index (χ0v) is 9.74. The first-order chi connectivity index (χ1) is 7.79. The first-order valence-electron chi connectivity index (χ1n) is 6.38. The van der Waals surface area contributed by atoms with Gasteiger partial charge in [-0.25, -0.2) is 0 Å². The van der Waals surface area contributed by atoms with E-state index in [1.165, 1.54) is 6.42 Å². The maximum Gasteiger partial charge on any atom is 0.220 e. The van der Waals surface area contributed by atoms with Crippen molar-refractivity contribution in [1.82, 2.24) is 10.6 Å². The molecule has 1 aliphatic carbocycles. The summed E-state index contributed by atoms with van der Waals surface area (Å²) in [7, 11) is 0. The highest BCUT2D eigenvalue weighted by Gasteiger charge is 2.27. The smallest absolute Gasteiger partial charge is 0.220 e. The Balaban J connectivity index is 1.63. The molecule has 1 heterocycles. The van der Waals surface area contributed by atoms with E-state index in [9.17, 15) is 9.90 Å². The van der Waals surface area contributed by atoms with Crippen molar-refractivity contribution in [3.63, 3.8) is 0 Å². The van der Waals surface area contributed by atoms with Gasteiger partial charge < -0.3 is 15.7 Å². The van der Waals surface area contributed by atoms with Crippen LogP contribution in [0.4, 0.5) is 0 Å². The third kappa shape index (κ3) is 2.95. The van der Waals surface area contributed by atoms with Crippen molar-refractivity contribution in [2.75, 3.05) is 26.2 Å². The summed E-state index contributed by atoms with van der Waals surface area (Å²) in [6, 6.07) is 0. The number of amides is 1. The number of hydrogen-bond donors (Lipinski definition) is 3. The molecule has 92 valence electrons. The molecule has 2 fully saturated rings. The average Bonchev–Trinajstić information content (AvgIpc) is 2.68. The number of aliphatic hydroxyl groups excluding tert-OH is 1. The molecule has 1 amide bonds. The van der Waals surface area contributed by atoms with Crippen LogP contribution in [0.2, 0.25) is 0 Å². The molecule has 4 heteroatoms. The molecule has 0 aromatic rings. The van der Waals surface area contributed by atoms with E-state index in [2.05, 4.69) is 10.6 Å². The van der Waals surface area contributed by atoms with Gasteiger partial charge in [0.05, 0.1) is 0 Å². The number of hydrogen-bond acceptors (Lipinski definition) is 3. The summed E-state index contributed by atoms with van der Waals surface area (Å²) in [6.07, 6.45) is 4.11. The quantitative estimate of drug-likeness (QED) is 0.624. The Morgan fingerprint density at radius 3 is 2.69 bits per heavy atom. The van der Waals surface area contributed by atoms with Crippen LogP contribution in [0.1, 0.15) is 25.7 Å². The molecule has 4 nitrogen and oxygen atoms in total. The van der Waals surface area contributed by atoms with E-state index in [1.54, 1.807) is 0 Å². The number of rotatable bonds is 5. The number of carbonyl (C=O) groups excluding carboxylic acids is 1. The molecule has 0 aromatic carbocycles. The highest BCUT2D eigenvalue weighted by atomic mass is 16.3. The average molecular weight is 226 g/mol. The fourth-order valence-corrected chi connectivity index (χ4v) is 2.69. The summed E-state index contributed by atoms with van der Waals surface area (Å²) in [4.78, 5) is 11.6. The summed E-state index contributed by atoms with van der Waals surface area (Å²) in [5.74, 6) is 1.62. The van der Waals surface area contributed by atoms with Crippen molar-refractivity contribution >= 4 is 5.91 Å². The van der Waals surface area contributed by atoms with Crippen LogP contribution < -0.4 is 10.6 Å². The topological polar surface area (TPSA) is 61.4 Å². The molecule has 16 heavy (non-hydrogen) atoms. The van der Waals surface area contributed by atoms with E-state index in [0.29, 0.717) is 24.2 Å². The minimum absolute atomic E-state index is 0.176. The minimum atomic E-state index is 0.176. The molecule has 0 radical (unpaired) electrons. The van der Waals surface area contributed by atoms with Gasteiger partial charge in [-0.3, -0.25) is 4.79 Å². The summed E-state index contributed by atoms with van der Waals surface area (Å²) >= 11 is 0. The molecule has 1 aliphatic heterocycles. The lowest BCUT2D eigenvalue weighted by molar-refractivity contribution is -0.122. The summed E-state index contributed by atoms with van der Waals surface area (Å²) < 4.78 is 0. The Morgan fingerprint density at radius 1 is 1.31 bits per heavy atom. The predicted octanol–water partition coefficient (Wildman–Crippen LogP) is 0.121. The normalized spacial score (nSPS) is 30.1. The number of aliphatic hydroxyl groups is 1. The third-order valence-corrected chi connectivity index (χ3v) is 3.95. The van der Waals surface area contributed by atoms with Crippen LogP contribution in [-0.4, -0.2) is 37.3 Å². The van der Waals surface area contributed by atoms with E-state index in [-0.39, 0.29) is 12.5 Å². The summed E-state index contributed by atoms with van der Waals surface area (Å²) in [6.45, 7) is 2.99. The summed E-state index contributed by atoms with van der Waals surface area (Å²) in [5, 5.41) is 15.4. The zero-order chi connectivity index (χ0) is 11.4. The van der Waals surface area contributed by atoms with Crippen molar-refractivity contribution in [2.45, 2.75) is 25.7 Å². The maximum atomic E-state index is 11.6. The van der Waals surface area contributed by atoms with Crippen LogP contribution in [0.15, 0.2) is 0 Å². The van der Waals surface area contributed by atoms with E-state index >= 15 is 0 Å². The van der Waals surface area contributed by atoms with Crippen LogP contribution >= 0.6 is 0 Å². The highest BCUT2D eigenvalue weighted by molar-refractivity contribution is 5.76. The largest absolute Gasteiger partial charge is 0.396 e. The minimum Gasteiger partial charge on any atom is -0.396 e. The zero-order valence-electron chi connectivity index (χ0n) is 9.74. The van der Waals surface area contributed by atoms with Crippen molar-refractivity contribution in [1.29, 1.82) is 0 Å². The van der Waals surface area contributed by atoms with Gasteiger partial charge in [0.25, 0.3) is 0 Å². The van der Waals surface area contributed by atoms with Gasteiger partial charge in [0.1, 0.15) is 0 Å². The van der Waals surface area contributed by atoms with Crippen molar-refractivity contribution < 1.29 is 9.90 Å². The number of nitrogens with one attached hydrogen (secondary N) is 2. The van der Waals surface area contributed by atoms with Crippen LogP contribution in [-0.2, 0) is 4.79 Å². The third-order valence-electron chi connectivity index (χ3n) is 3.95. The van der Waals surface area contributed by atoms with Crippen LogP contribution in [0.25, 0.3) is 0 Å². The SMILES string of the molecule is O=C(CC1CNC1)NCC1CCCC1CO. The van der Waals surface area contributed by atoms with Gasteiger partial charge in [-0.15, -0.1) is 0 Å². The Morgan fingerprint density at radius 2 is 2.06 bits per heavy atom. The molecule has 1 saturated carbocycles. The highest BCUT2D eigenvalue weighted by Crippen LogP contribution is 2.30. The summed E-state index contributed by atoms with van der Waals surface area (Å²) in [5.41, 5.74) is 0. The molecular formula is C12H22N2O2. The Hall–Kier alpha value is -0.610. The van der Waals surface area contributed by atoms with E-state index in [4.69, 9.17) is 0 Å². The van der Waals surface area contributed by atoms with Gasteiger partial charge in [0.2, 0.25) is 5.91 Å². The van der Waals surface area contributed by atoms with E-state index in [1.807, 2.05) is 0 Å². The first-order valence-corrected chi connectivity index (χ1v) is 6.38. The van der Waals surface area contributed by atoms with Gasteiger partial charge in [-0.05, 0) is 43.7 Å².